The Kier molecular flexibility index (Phi) is 7.34. The number of nitrogens with one attached hydrogen (secondary N) is 1. The second kappa shape index (κ2) is 9.85. The smallest absolute Gasteiger partial charge is 0.345 e. The van der Waals surface area contributed by atoms with E-state index >= 15 is 0 Å². The maximum atomic E-state index is 12.6. The summed E-state index contributed by atoms with van der Waals surface area (Å²) >= 11 is 12.5. The quantitative estimate of drug-likeness (QED) is 0.422. The van der Waals surface area contributed by atoms with E-state index in [-0.39, 0.29) is 44.8 Å². The fourth-order valence-electron chi connectivity index (χ4n) is 3.22. The zero-order valence-electron chi connectivity index (χ0n) is 18.9. The molecule has 0 unspecified atom stereocenters. The molecule has 1 aromatic heterocycles. The van der Waals surface area contributed by atoms with Gasteiger partial charge in [0.25, 0.3) is 5.91 Å². The summed E-state index contributed by atoms with van der Waals surface area (Å²) in [5.74, 6) is -0.917. The Morgan fingerprint density at radius 2 is 1.79 bits per heavy atom. The topological polar surface area (TPSA) is 90.7 Å². The number of aryl methyl sites for hydroxylation is 1. The van der Waals surface area contributed by atoms with Crippen LogP contribution >= 0.6 is 23.2 Å². The first-order valence-electron chi connectivity index (χ1n) is 10.1. The number of halogens is 2. The fourth-order valence-corrected chi connectivity index (χ4v) is 3.80. The molecule has 0 aliphatic rings. The normalized spacial score (nSPS) is 11.2. The molecule has 0 fully saturated rings. The third kappa shape index (κ3) is 5.49. The fraction of sp³-hybridized carbons (Fsp3) is 0.292. The van der Waals surface area contributed by atoms with Gasteiger partial charge < -0.3 is 14.0 Å². The molecule has 0 saturated heterocycles. The Labute approximate surface area is 202 Å². The van der Waals surface area contributed by atoms with Crippen molar-refractivity contribution in [3.05, 3.63) is 63.1 Å². The number of methoxy groups -OCH3 is 1. The summed E-state index contributed by atoms with van der Waals surface area (Å²) < 4.78 is 15.9. The molecule has 3 rings (SSSR count). The maximum absolute atomic E-state index is 12.6. The molecule has 174 valence electrons. The lowest BCUT2D eigenvalue weighted by molar-refractivity contribution is -0.118. The lowest BCUT2D eigenvalue weighted by Gasteiger charge is -2.23. The van der Waals surface area contributed by atoms with Crippen molar-refractivity contribution in [1.29, 1.82) is 0 Å². The second-order valence-electron chi connectivity index (χ2n) is 8.41. The first-order valence-corrected chi connectivity index (χ1v) is 10.8. The Morgan fingerprint density at radius 3 is 2.39 bits per heavy atom. The van der Waals surface area contributed by atoms with Gasteiger partial charge in [-0.25, -0.2) is 4.79 Å². The molecular formula is C24H24Cl2N2O5. The largest absolute Gasteiger partial charge is 0.483 e. The minimum Gasteiger partial charge on any atom is -0.483 e. The van der Waals surface area contributed by atoms with Crippen LogP contribution in [0, 0.1) is 6.92 Å². The monoisotopic (exact) mass is 490 g/mol. The minimum absolute atomic E-state index is 0.0576. The van der Waals surface area contributed by atoms with Gasteiger partial charge in [-0.05, 0) is 36.1 Å². The van der Waals surface area contributed by atoms with E-state index in [9.17, 15) is 9.59 Å². The summed E-state index contributed by atoms with van der Waals surface area (Å²) in [6.45, 7) is 7.87. The van der Waals surface area contributed by atoms with Crippen LogP contribution in [0.4, 0.5) is 5.88 Å². The summed E-state index contributed by atoms with van der Waals surface area (Å²) in [5.41, 5.74) is 2.13. The molecule has 0 radical (unpaired) electrons. The van der Waals surface area contributed by atoms with Crippen LogP contribution in [0.2, 0.25) is 10.0 Å². The van der Waals surface area contributed by atoms with Crippen LogP contribution in [0.15, 0.2) is 40.9 Å². The lowest BCUT2D eigenvalue weighted by atomic mass is 9.85. The highest BCUT2D eigenvalue weighted by Gasteiger charge is 2.29. The highest BCUT2D eigenvalue weighted by Crippen LogP contribution is 2.38. The molecule has 2 aromatic carbocycles. The van der Waals surface area contributed by atoms with E-state index in [0.717, 1.165) is 11.1 Å². The summed E-state index contributed by atoms with van der Waals surface area (Å²) in [5, 5.41) is 6.94. The van der Waals surface area contributed by atoms with Gasteiger partial charge in [-0.3, -0.25) is 10.1 Å². The van der Waals surface area contributed by atoms with Crippen LogP contribution in [0.25, 0.3) is 11.3 Å². The van der Waals surface area contributed by atoms with Gasteiger partial charge in [-0.2, -0.15) is 0 Å². The van der Waals surface area contributed by atoms with E-state index in [4.69, 9.17) is 37.2 Å². The van der Waals surface area contributed by atoms with Gasteiger partial charge in [-0.15, -0.1) is 0 Å². The van der Waals surface area contributed by atoms with Crippen LogP contribution in [0.5, 0.6) is 5.75 Å². The van der Waals surface area contributed by atoms with Gasteiger partial charge in [0.05, 0.1) is 17.2 Å². The number of carbonyl (C=O) groups is 2. The molecule has 9 heteroatoms. The molecule has 0 atom stereocenters. The molecule has 1 heterocycles. The Morgan fingerprint density at radius 1 is 1.12 bits per heavy atom. The third-order valence-corrected chi connectivity index (χ3v) is 5.47. The highest BCUT2D eigenvalue weighted by molar-refractivity contribution is 6.39. The third-order valence-electron chi connectivity index (χ3n) is 4.84. The van der Waals surface area contributed by atoms with Gasteiger partial charge >= 0.3 is 5.97 Å². The van der Waals surface area contributed by atoms with Crippen LogP contribution in [-0.4, -0.2) is 30.7 Å². The average molecular weight is 491 g/mol. The maximum Gasteiger partial charge on any atom is 0.345 e. The number of rotatable bonds is 6. The molecule has 0 spiro atoms. The SMILES string of the molecule is COC(=O)c1c(-c2c(Cl)cccc2Cl)noc1NC(=O)COc1ccc(C)cc1C(C)(C)C. The van der Waals surface area contributed by atoms with Crippen molar-refractivity contribution in [3.8, 4) is 17.0 Å². The van der Waals surface area contributed by atoms with Gasteiger partial charge in [0.1, 0.15) is 11.4 Å². The number of esters is 1. The molecule has 0 bridgehead atoms. The Balaban J connectivity index is 1.86. The predicted octanol–water partition coefficient (Wildman–Crippen LogP) is 6.06. The molecule has 1 amide bonds. The van der Waals surface area contributed by atoms with Crippen LogP contribution in [0.3, 0.4) is 0 Å². The Bertz CT molecular complexity index is 1180. The minimum atomic E-state index is -0.771. The molecule has 0 aliphatic carbocycles. The predicted molar refractivity (Wildman–Crippen MR) is 127 cm³/mol. The van der Waals surface area contributed by atoms with Crippen LogP contribution in [0.1, 0.15) is 42.3 Å². The molecule has 7 nitrogen and oxygen atoms in total. The van der Waals surface area contributed by atoms with E-state index in [2.05, 4.69) is 31.2 Å². The van der Waals surface area contributed by atoms with Crippen molar-refractivity contribution >= 4 is 41.0 Å². The summed E-state index contributed by atoms with van der Waals surface area (Å²) in [7, 11) is 1.20. The number of nitrogens with zero attached hydrogens (tertiary/aromatic N) is 1. The van der Waals surface area contributed by atoms with E-state index in [1.54, 1.807) is 18.2 Å². The molecule has 0 saturated carbocycles. The average Bonchev–Trinajstić information content (AvgIpc) is 3.14. The number of aromatic nitrogens is 1. The van der Waals surface area contributed by atoms with Crippen molar-refractivity contribution in [1.82, 2.24) is 5.16 Å². The van der Waals surface area contributed by atoms with Crippen molar-refractivity contribution in [2.24, 2.45) is 0 Å². The molecular weight excluding hydrogens is 467 g/mol. The van der Waals surface area contributed by atoms with E-state index in [0.29, 0.717) is 5.75 Å². The van der Waals surface area contributed by atoms with Gasteiger partial charge in [0, 0.05) is 5.56 Å². The van der Waals surface area contributed by atoms with Gasteiger partial charge in [0.15, 0.2) is 12.2 Å². The number of amides is 1. The highest BCUT2D eigenvalue weighted by atomic mass is 35.5. The lowest BCUT2D eigenvalue weighted by Crippen LogP contribution is -2.23. The van der Waals surface area contributed by atoms with Crippen molar-refractivity contribution in [3.63, 3.8) is 0 Å². The molecule has 1 N–H and O–H groups in total. The summed E-state index contributed by atoms with van der Waals surface area (Å²) in [4.78, 5) is 25.1. The summed E-state index contributed by atoms with van der Waals surface area (Å²) in [6.07, 6.45) is 0. The zero-order valence-corrected chi connectivity index (χ0v) is 20.4. The number of anilines is 1. The van der Waals surface area contributed by atoms with E-state index < -0.39 is 11.9 Å². The summed E-state index contributed by atoms with van der Waals surface area (Å²) in [6, 6.07) is 10.6. The zero-order chi connectivity index (χ0) is 24.3. The number of hydrogen-bond donors (Lipinski definition) is 1. The second-order valence-corrected chi connectivity index (χ2v) is 9.22. The number of ether oxygens (including phenoxy) is 2. The number of carbonyl (C=O) groups excluding carboxylic acids is 2. The van der Waals surface area contributed by atoms with Crippen molar-refractivity contribution in [2.45, 2.75) is 33.1 Å². The van der Waals surface area contributed by atoms with Gasteiger partial charge in [0.2, 0.25) is 5.88 Å². The standard InChI is InChI=1S/C24H24Cl2N2O5/c1-13-9-10-17(14(11-13)24(2,3)4)32-12-18(29)27-22-20(23(30)31-5)21(28-33-22)19-15(25)7-6-8-16(19)26/h6-11H,12H2,1-5H3,(H,27,29). The number of hydrogen-bond acceptors (Lipinski definition) is 6. The van der Waals surface area contributed by atoms with Crippen LogP contribution in [-0.2, 0) is 14.9 Å². The Hall–Kier alpha value is -3.03. The first-order chi connectivity index (χ1) is 15.5. The van der Waals surface area contributed by atoms with Gasteiger partial charge in [-0.1, -0.05) is 72.9 Å². The van der Waals surface area contributed by atoms with Crippen molar-refractivity contribution in [2.75, 3.05) is 19.0 Å². The number of benzene rings is 2. The first kappa shape index (κ1) is 24.6. The molecule has 3 aromatic rings. The van der Waals surface area contributed by atoms with E-state index in [1.165, 1.54) is 7.11 Å². The molecule has 0 aliphatic heterocycles. The van der Waals surface area contributed by atoms with Crippen molar-refractivity contribution < 1.29 is 23.6 Å². The van der Waals surface area contributed by atoms with E-state index in [1.807, 2.05) is 25.1 Å². The van der Waals surface area contributed by atoms with Crippen LogP contribution < -0.4 is 10.1 Å². The molecule has 33 heavy (non-hydrogen) atoms.